The Kier molecular flexibility index (Phi) is 14.9. The zero-order valence-corrected chi connectivity index (χ0v) is 20.3. The average molecular weight is 487 g/mol. The molecule has 0 aromatic carbocycles. The zero-order chi connectivity index (χ0) is 26.3. The average Bonchev–Trinajstić information content (AvgIpc) is 2.79. The van der Waals surface area contributed by atoms with Crippen molar-refractivity contribution in [3.8, 4) is 0 Å². The van der Waals surface area contributed by atoms with Crippen LogP contribution in [0.3, 0.4) is 0 Å². The minimum atomic E-state index is -1.11. The van der Waals surface area contributed by atoms with E-state index < -0.39 is 47.7 Å². The number of hydrogen-bond donors (Lipinski definition) is 6. The molecule has 194 valence electrons. The van der Waals surface area contributed by atoms with Crippen molar-refractivity contribution in [3.63, 3.8) is 0 Å². The van der Waals surface area contributed by atoms with Crippen LogP contribution in [0, 0.1) is 11.8 Å². The maximum Gasteiger partial charge on any atom is 0.303 e. The van der Waals surface area contributed by atoms with Gasteiger partial charge in [0.2, 0.25) is 23.6 Å². The van der Waals surface area contributed by atoms with E-state index in [1.807, 2.05) is 13.8 Å². The standard InChI is InChI=1S/C22H38N4O8/c1-5-13(3)19(25-15(27)7-9-17(29)30)21(33)23-11-12-24-22(34)20(14(4)6-2)26-16(28)8-10-18(31)32/h13-14,19-20H,5-12H2,1-4H3,(H,23,33)(H,24,34)(H,25,27)(H,26,28)(H,29,30)(H,31,32)/t13?,14?,19-,20-/m0/s1. The van der Waals surface area contributed by atoms with Gasteiger partial charge >= 0.3 is 11.9 Å². The van der Waals surface area contributed by atoms with Crippen LogP contribution in [0.4, 0.5) is 0 Å². The minimum absolute atomic E-state index is 0.0721. The smallest absolute Gasteiger partial charge is 0.303 e. The van der Waals surface area contributed by atoms with Crippen molar-refractivity contribution in [3.05, 3.63) is 0 Å². The van der Waals surface area contributed by atoms with Gasteiger partial charge < -0.3 is 31.5 Å². The third-order valence-electron chi connectivity index (χ3n) is 5.48. The molecule has 4 atom stereocenters. The number of rotatable bonds is 17. The normalized spacial score (nSPS) is 14.1. The molecule has 0 aliphatic carbocycles. The summed E-state index contributed by atoms with van der Waals surface area (Å²) < 4.78 is 0. The van der Waals surface area contributed by atoms with Gasteiger partial charge in [-0.25, -0.2) is 0 Å². The van der Waals surface area contributed by atoms with E-state index in [1.54, 1.807) is 13.8 Å². The number of carbonyl (C=O) groups is 6. The molecule has 0 spiro atoms. The molecule has 0 saturated carbocycles. The first kappa shape index (κ1) is 30.8. The van der Waals surface area contributed by atoms with Gasteiger partial charge in [-0.05, 0) is 11.8 Å². The van der Waals surface area contributed by atoms with Crippen molar-refractivity contribution in [2.75, 3.05) is 13.1 Å². The largest absolute Gasteiger partial charge is 0.481 e. The number of aliphatic carboxylic acids is 2. The summed E-state index contributed by atoms with van der Waals surface area (Å²) in [5.41, 5.74) is 0. The number of carboxylic acids is 2. The van der Waals surface area contributed by atoms with Crippen molar-refractivity contribution in [1.82, 2.24) is 21.3 Å². The van der Waals surface area contributed by atoms with Gasteiger partial charge in [0.15, 0.2) is 0 Å². The molecular weight excluding hydrogens is 448 g/mol. The molecule has 34 heavy (non-hydrogen) atoms. The molecule has 0 aromatic heterocycles. The lowest BCUT2D eigenvalue weighted by Gasteiger charge is -2.25. The molecule has 0 saturated heterocycles. The highest BCUT2D eigenvalue weighted by Crippen LogP contribution is 2.10. The lowest BCUT2D eigenvalue weighted by atomic mass is 9.98. The van der Waals surface area contributed by atoms with Gasteiger partial charge in [0.05, 0.1) is 12.8 Å². The molecule has 0 aromatic rings. The first-order chi connectivity index (χ1) is 15.9. The summed E-state index contributed by atoms with van der Waals surface area (Å²) in [6.07, 6.45) is 0.0633. The highest BCUT2D eigenvalue weighted by Gasteiger charge is 2.27. The van der Waals surface area contributed by atoms with Crippen LogP contribution in [0.25, 0.3) is 0 Å². The van der Waals surface area contributed by atoms with Crippen molar-refractivity contribution in [1.29, 1.82) is 0 Å². The summed E-state index contributed by atoms with van der Waals surface area (Å²) in [6, 6.07) is -1.69. The van der Waals surface area contributed by atoms with E-state index in [0.717, 1.165) is 0 Å². The SMILES string of the molecule is CCC(C)[C@H](NC(=O)CCC(=O)O)C(=O)NCCNC(=O)[C@@H](NC(=O)CCC(=O)O)C(C)CC. The number of nitrogens with one attached hydrogen (secondary N) is 4. The summed E-state index contributed by atoms with van der Waals surface area (Å²) in [5.74, 6) is -4.58. The topological polar surface area (TPSA) is 191 Å². The number of carbonyl (C=O) groups excluding carboxylic acids is 4. The Morgan fingerprint density at radius 3 is 1.21 bits per heavy atom. The molecule has 0 fully saturated rings. The lowest BCUT2D eigenvalue weighted by Crippen LogP contribution is -2.53. The van der Waals surface area contributed by atoms with E-state index in [2.05, 4.69) is 21.3 Å². The Morgan fingerprint density at radius 1 is 0.618 bits per heavy atom. The van der Waals surface area contributed by atoms with Crippen LogP contribution in [-0.2, 0) is 28.8 Å². The van der Waals surface area contributed by atoms with Crippen molar-refractivity contribution in [2.24, 2.45) is 11.8 Å². The Labute approximate surface area is 199 Å². The quantitative estimate of drug-likeness (QED) is 0.155. The minimum Gasteiger partial charge on any atom is -0.481 e. The van der Waals surface area contributed by atoms with Gasteiger partial charge in [-0.2, -0.15) is 0 Å². The Bertz CT molecular complexity index is 668. The molecule has 0 aliphatic rings. The molecule has 6 N–H and O–H groups in total. The van der Waals surface area contributed by atoms with Gasteiger partial charge in [-0.1, -0.05) is 40.5 Å². The van der Waals surface area contributed by atoms with Crippen molar-refractivity contribution < 1.29 is 39.0 Å². The lowest BCUT2D eigenvalue weighted by molar-refractivity contribution is -0.139. The van der Waals surface area contributed by atoms with Crippen LogP contribution in [0.15, 0.2) is 0 Å². The molecule has 0 radical (unpaired) electrons. The van der Waals surface area contributed by atoms with Crippen molar-refractivity contribution >= 4 is 35.6 Å². The predicted molar refractivity (Wildman–Crippen MR) is 123 cm³/mol. The van der Waals surface area contributed by atoms with Gasteiger partial charge in [-0.15, -0.1) is 0 Å². The summed E-state index contributed by atoms with van der Waals surface area (Å²) in [4.78, 5) is 70.3. The molecule has 0 bridgehead atoms. The summed E-state index contributed by atoms with van der Waals surface area (Å²) in [6.45, 7) is 7.43. The summed E-state index contributed by atoms with van der Waals surface area (Å²) >= 11 is 0. The van der Waals surface area contributed by atoms with Crippen LogP contribution >= 0.6 is 0 Å². The third-order valence-corrected chi connectivity index (χ3v) is 5.48. The molecule has 12 nitrogen and oxygen atoms in total. The number of carboxylic acid groups (broad SMARTS) is 2. The second-order valence-electron chi connectivity index (χ2n) is 8.23. The molecule has 4 amide bonds. The van der Waals surface area contributed by atoms with E-state index in [0.29, 0.717) is 12.8 Å². The van der Waals surface area contributed by atoms with Crippen LogP contribution in [0.1, 0.15) is 66.2 Å². The van der Waals surface area contributed by atoms with E-state index in [-0.39, 0.29) is 50.6 Å². The Hall–Kier alpha value is -3.18. The molecule has 12 heteroatoms. The van der Waals surface area contributed by atoms with E-state index >= 15 is 0 Å². The first-order valence-corrected chi connectivity index (χ1v) is 11.5. The fourth-order valence-corrected chi connectivity index (χ4v) is 2.93. The molecule has 2 unspecified atom stereocenters. The first-order valence-electron chi connectivity index (χ1n) is 11.5. The second kappa shape index (κ2) is 16.4. The Morgan fingerprint density at radius 2 is 0.941 bits per heavy atom. The fraction of sp³-hybridized carbons (Fsp3) is 0.727. The van der Waals surface area contributed by atoms with Crippen LogP contribution < -0.4 is 21.3 Å². The summed E-state index contributed by atoms with van der Waals surface area (Å²) in [5, 5.41) is 27.8. The molecule has 0 rings (SSSR count). The van der Waals surface area contributed by atoms with Crippen LogP contribution in [0.5, 0.6) is 0 Å². The molecule has 0 heterocycles. The second-order valence-corrected chi connectivity index (χ2v) is 8.23. The maximum atomic E-state index is 12.6. The zero-order valence-electron chi connectivity index (χ0n) is 20.3. The molecule has 0 aliphatic heterocycles. The fourth-order valence-electron chi connectivity index (χ4n) is 2.93. The van der Waals surface area contributed by atoms with Crippen LogP contribution in [-0.4, -0.2) is 71.0 Å². The van der Waals surface area contributed by atoms with Gasteiger partial charge in [-0.3, -0.25) is 28.8 Å². The van der Waals surface area contributed by atoms with Gasteiger partial charge in [0, 0.05) is 25.9 Å². The highest BCUT2D eigenvalue weighted by atomic mass is 16.4. The van der Waals surface area contributed by atoms with E-state index in [4.69, 9.17) is 10.2 Å². The predicted octanol–water partition coefficient (Wildman–Crippen LogP) is 0.0102. The Balaban J connectivity index is 4.77. The van der Waals surface area contributed by atoms with Gasteiger partial charge in [0.1, 0.15) is 12.1 Å². The van der Waals surface area contributed by atoms with Crippen LogP contribution in [0.2, 0.25) is 0 Å². The van der Waals surface area contributed by atoms with E-state index in [1.165, 1.54) is 0 Å². The number of hydrogen-bond acceptors (Lipinski definition) is 6. The number of amides is 4. The highest BCUT2D eigenvalue weighted by molar-refractivity contribution is 5.90. The monoisotopic (exact) mass is 486 g/mol. The third kappa shape index (κ3) is 12.8. The van der Waals surface area contributed by atoms with Gasteiger partial charge in [0.25, 0.3) is 0 Å². The summed E-state index contributed by atoms with van der Waals surface area (Å²) in [7, 11) is 0. The van der Waals surface area contributed by atoms with Crippen molar-refractivity contribution in [2.45, 2.75) is 78.3 Å². The van der Waals surface area contributed by atoms with E-state index in [9.17, 15) is 28.8 Å². The maximum absolute atomic E-state index is 12.6. The molecular formula is C22H38N4O8.